The first kappa shape index (κ1) is 18.1. The summed E-state index contributed by atoms with van der Waals surface area (Å²) < 4.78 is 13.1. The number of hydrogen-bond donors (Lipinski definition) is 2. The van der Waals surface area contributed by atoms with Crippen molar-refractivity contribution in [3.8, 4) is 0 Å². The maximum atomic E-state index is 13.1. The topological polar surface area (TPSA) is 61.0 Å². The van der Waals surface area contributed by atoms with Crippen LogP contribution in [-0.4, -0.2) is 41.1 Å². The summed E-state index contributed by atoms with van der Waals surface area (Å²) in [5.74, 6) is -0.393. The van der Waals surface area contributed by atoms with E-state index in [0.29, 0.717) is 12.2 Å². The van der Waals surface area contributed by atoms with Gasteiger partial charge in [0.15, 0.2) is 0 Å². The average Bonchev–Trinajstić information content (AvgIpc) is 2.82. The maximum absolute atomic E-state index is 13.1. The Morgan fingerprint density at radius 2 is 2.08 bits per heavy atom. The van der Waals surface area contributed by atoms with Crippen LogP contribution in [0.3, 0.4) is 0 Å². The third kappa shape index (κ3) is 4.89. The summed E-state index contributed by atoms with van der Waals surface area (Å²) >= 11 is 0. The number of aromatic amines is 1. The highest BCUT2D eigenvalue weighted by Gasteiger charge is 2.10. The van der Waals surface area contributed by atoms with Crippen LogP contribution >= 0.6 is 0 Å². The Bertz CT molecular complexity index is 692. The second kappa shape index (κ2) is 8.06. The van der Waals surface area contributed by atoms with Gasteiger partial charge in [0.05, 0.1) is 12.2 Å². The first-order valence-corrected chi connectivity index (χ1v) is 8.12. The summed E-state index contributed by atoms with van der Waals surface area (Å²) in [5.41, 5.74) is 4.78. The minimum Gasteiger partial charge on any atom is -0.325 e. The second-order valence-electron chi connectivity index (χ2n) is 6.26. The summed E-state index contributed by atoms with van der Waals surface area (Å²) in [6.45, 7) is 6.93. The minimum absolute atomic E-state index is 0.0946. The van der Waals surface area contributed by atoms with Crippen LogP contribution < -0.4 is 5.32 Å². The highest BCUT2D eigenvalue weighted by molar-refractivity contribution is 5.92. The van der Waals surface area contributed by atoms with E-state index in [1.54, 1.807) is 13.0 Å². The van der Waals surface area contributed by atoms with Gasteiger partial charge in [0.25, 0.3) is 0 Å². The molecule has 0 atom stereocenters. The molecule has 0 saturated carbocycles. The molecule has 0 aliphatic heterocycles. The molecular weight excluding hydrogens is 307 g/mol. The van der Waals surface area contributed by atoms with Crippen LogP contribution in [-0.2, 0) is 11.2 Å². The molecule has 0 unspecified atom stereocenters. The number of likely N-dealkylation sites (N-methyl/N-ethyl adjacent to an activating group) is 1. The lowest BCUT2D eigenvalue weighted by Crippen LogP contribution is -2.31. The lowest BCUT2D eigenvalue weighted by Gasteiger charge is -2.17. The van der Waals surface area contributed by atoms with Crippen molar-refractivity contribution in [1.29, 1.82) is 0 Å². The Morgan fingerprint density at radius 1 is 1.33 bits per heavy atom. The Balaban J connectivity index is 1.77. The predicted molar refractivity (Wildman–Crippen MR) is 93.6 cm³/mol. The van der Waals surface area contributed by atoms with Crippen molar-refractivity contribution in [2.45, 2.75) is 33.6 Å². The van der Waals surface area contributed by atoms with Crippen LogP contribution in [0.4, 0.5) is 10.1 Å². The molecule has 0 spiro atoms. The zero-order chi connectivity index (χ0) is 17.7. The molecule has 6 heteroatoms. The fraction of sp³-hybridized carbons (Fsp3) is 0.444. The molecule has 0 bridgehead atoms. The molecule has 2 rings (SSSR count). The molecule has 0 aliphatic carbocycles. The first-order valence-electron chi connectivity index (χ1n) is 8.12. The van der Waals surface area contributed by atoms with Gasteiger partial charge in [-0.2, -0.15) is 5.10 Å². The zero-order valence-corrected chi connectivity index (χ0v) is 14.7. The summed E-state index contributed by atoms with van der Waals surface area (Å²) in [7, 11) is 1.92. The van der Waals surface area contributed by atoms with Crippen molar-refractivity contribution >= 4 is 11.6 Å². The van der Waals surface area contributed by atoms with E-state index in [2.05, 4.69) is 15.5 Å². The summed E-state index contributed by atoms with van der Waals surface area (Å²) in [4.78, 5) is 14.1. The summed E-state index contributed by atoms with van der Waals surface area (Å²) in [5, 5.41) is 10.0. The number of aryl methyl sites for hydroxylation is 3. The average molecular weight is 332 g/mol. The van der Waals surface area contributed by atoms with Crippen molar-refractivity contribution in [1.82, 2.24) is 15.1 Å². The van der Waals surface area contributed by atoms with Crippen molar-refractivity contribution in [3.05, 3.63) is 46.5 Å². The number of nitrogens with one attached hydrogen (secondary N) is 2. The highest BCUT2D eigenvalue weighted by Crippen LogP contribution is 2.15. The highest BCUT2D eigenvalue weighted by atomic mass is 19.1. The third-order valence-corrected chi connectivity index (χ3v) is 4.12. The number of halogens is 1. The van der Waals surface area contributed by atoms with E-state index < -0.39 is 0 Å². The number of aromatic nitrogens is 2. The number of benzene rings is 1. The van der Waals surface area contributed by atoms with Gasteiger partial charge in [-0.25, -0.2) is 4.39 Å². The SMILES string of the molecule is Cc1cc(F)ccc1NC(=O)CN(C)CCCc1c(C)n[nH]c1C. The molecule has 1 aromatic carbocycles. The van der Waals surface area contributed by atoms with Crippen molar-refractivity contribution in [3.63, 3.8) is 0 Å². The van der Waals surface area contributed by atoms with Gasteiger partial charge in [-0.15, -0.1) is 0 Å². The smallest absolute Gasteiger partial charge is 0.238 e. The third-order valence-electron chi connectivity index (χ3n) is 4.12. The molecule has 24 heavy (non-hydrogen) atoms. The van der Waals surface area contributed by atoms with Gasteiger partial charge in [-0.05, 0) is 76.5 Å². The van der Waals surface area contributed by atoms with Crippen molar-refractivity contribution in [2.75, 3.05) is 25.5 Å². The molecule has 0 fully saturated rings. The molecule has 0 saturated heterocycles. The monoisotopic (exact) mass is 332 g/mol. The van der Waals surface area contributed by atoms with Gasteiger partial charge in [-0.3, -0.25) is 14.8 Å². The Morgan fingerprint density at radius 3 is 2.71 bits per heavy atom. The molecule has 5 nitrogen and oxygen atoms in total. The number of H-pyrrole nitrogens is 1. The number of anilines is 1. The van der Waals surface area contributed by atoms with E-state index >= 15 is 0 Å². The van der Waals surface area contributed by atoms with Crippen LogP contribution in [0, 0.1) is 26.6 Å². The summed E-state index contributed by atoms with van der Waals surface area (Å²) in [6.07, 6.45) is 1.90. The molecule has 0 aliphatic rings. The fourth-order valence-corrected chi connectivity index (χ4v) is 2.75. The molecule has 1 heterocycles. The van der Waals surface area contributed by atoms with Crippen LogP contribution in [0.25, 0.3) is 0 Å². The quantitative estimate of drug-likeness (QED) is 0.819. The number of nitrogens with zero attached hydrogens (tertiary/aromatic N) is 2. The van der Waals surface area contributed by atoms with E-state index in [1.807, 2.05) is 25.8 Å². The molecule has 2 N–H and O–H groups in total. The number of amides is 1. The molecular formula is C18H25FN4O. The standard InChI is InChI=1S/C18H25FN4O/c1-12-10-15(19)7-8-17(12)20-18(24)11-23(4)9-5-6-16-13(2)21-22-14(16)3/h7-8,10H,5-6,9,11H2,1-4H3,(H,20,24)(H,21,22). The molecule has 1 aromatic heterocycles. The molecule has 130 valence electrons. The summed E-state index contributed by atoms with van der Waals surface area (Å²) in [6, 6.07) is 4.35. The normalized spacial score (nSPS) is 11.1. The first-order chi connectivity index (χ1) is 11.4. The zero-order valence-electron chi connectivity index (χ0n) is 14.7. The van der Waals surface area contributed by atoms with Gasteiger partial charge in [-0.1, -0.05) is 0 Å². The largest absolute Gasteiger partial charge is 0.325 e. The molecule has 1 amide bonds. The van der Waals surface area contributed by atoms with Gasteiger partial charge in [0.1, 0.15) is 5.82 Å². The van der Waals surface area contributed by atoms with E-state index in [0.717, 1.165) is 36.3 Å². The number of carbonyl (C=O) groups excluding carboxylic acids is 1. The minimum atomic E-state index is -0.299. The van der Waals surface area contributed by atoms with Crippen LogP contribution in [0.2, 0.25) is 0 Å². The number of carbonyl (C=O) groups is 1. The van der Waals surface area contributed by atoms with Crippen molar-refractivity contribution in [2.24, 2.45) is 0 Å². The van der Waals surface area contributed by atoms with Crippen LogP contribution in [0.15, 0.2) is 18.2 Å². The molecule has 2 aromatic rings. The molecule has 0 radical (unpaired) electrons. The number of hydrogen-bond acceptors (Lipinski definition) is 3. The lowest BCUT2D eigenvalue weighted by molar-refractivity contribution is -0.117. The fourth-order valence-electron chi connectivity index (χ4n) is 2.75. The van der Waals surface area contributed by atoms with E-state index in [4.69, 9.17) is 0 Å². The number of rotatable bonds is 7. The van der Waals surface area contributed by atoms with Gasteiger partial charge < -0.3 is 5.32 Å². The predicted octanol–water partition coefficient (Wildman–Crippen LogP) is 2.98. The Hall–Kier alpha value is -2.21. The van der Waals surface area contributed by atoms with E-state index in [9.17, 15) is 9.18 Å². The van der Waals surface area contributed by atoms with Gasteiger partial charge in [0.2, 0.25) is 5.91 Å². The van der Waals surface area contributed by atoms with E-state index in [1.165, 1.54) is 17.7 Å². The Labute approximate surface area is 142 Å². The van der Waals surface area contributed by atoms with Crippen LogP contribution in [0.1, 0.15) is 28.9 Å². The van der Waals surface area contributed by atoms with Crippen molar-refractivity contribution < 1.29 is 9.18 Å². The maximum Gasteiger partial charge on any atom is 0.238 e. The Kier molecular flexibility index (Phi) is 6.09. The lowest BCUT2D eigenvalue weighted by atomic mass is 10.1. The van der Waals surface area contributed by atoms with Gasteiger partial charge in [0, 0.05) is 11.4 Å². The van der Waals surface area contributed by atoms with Crippen LogP contribution in [0.5, 0.6) is 0 Å². The van der Waals surface area contributed by atoms with E-state index in [-0.39, 0.29) is 11.7 Å². The van der Waals surface area contributed by atoms with Gasteiger partial charge >= 0.3 is 0 Å². The second-order valence-corrected chi connectivity index (χ2v) is 6.26.